The van der Waals surface area contributed by atoms with Crippen molar-refractivity contribution in [2.45, 2.75) is 26.3 Å². The van der Waals surface area contributed by atoms with Crippen LogP contribution in [0.5, 0.6) is 0 Å². The molecule has 0 aliphatic carbocycles. The molecule has 2 N–H and O–H groups in total. The molecule has 0 saturated carbocycles. The van der Waals surface area contributed by atoms with Crippen LogP contribution >= 0.6 is 11.3 Å². The fourth-order valence-corrected chi connectivity index (χ4v) is 2.25. The predicted octanol–water partition coefficient (Wildman–Crippen LogP) is 1.55. The lowest BCUT2D eigenvalue weighted by molar-refractivity contribution is 0.0952. The van der Waals surface area contributed by atoms with Crippen molar-refractivity contribution in [1.29, 1.82) is 0 Å². The number of nitrogens with zero attached hydrogens (tertiary/aromatic N) is 1. The van der Waals surface area contributed by atoms with Crippen molar-refractivity contribution < 1.29 is 9.90 Å². The van der Waals surface area contributed by atoms with Gasteiger partial charge in [0, 0.05) is 31.1 Å². The van der Waals surface area contributed by atoms with Crippen LogP contribution in [0.3, 0.4) is 0 Å². The van der Waals surface area contributed by atoms with Gasteiger partial charge in [0.25, 0.3) is 5.91 Å². The number of nitrogens with one attached hydrogen (secondary N) is 1. The molecule has 5 heteroatoms. The fourth-order valence-electron chi connectivity index (χ4n) is 1.48. The summed E-state index contributed by atoms with van der Waals surface area (Å²) in [5.41, 5.74) is 0.734. The lowest BCUT2D eigenvalue weighted by Crippen LogP contribution is -2.36. The van der Waals surface area contributed by atoms with Crippen molar-refractivity contribution in [2.75, 3.05) is 26.7 Å². The van der Waals surface area contributed by atoms with Crippen molar-refractivity contribution in [3.8, 4) is 11.8 Å². The first-order valence-corrected chi connectivity index (χ1v) is 7.60. The smallest absolute Gasteiger partial charge is 0.262 e. The Labute approximate surface area is 124 Å². The quantitative estimate of drug-likeness (QED) is 0.783. The third-order valence-corrected chi connectivity index (χ3v) is 3.88. The number of aliphatic hydroxyl groups excluding tert-OH is 1. The van der Waals surface area contributed by atoms with Crippen LogP contribution in [0.1, 0.15) is 35.5 Å². The van der Waals surface area contributed by atoms with Gasteiger partial charge in [0.2, 0.25) is 0 Å². The molecule has 0 saturated heterocycles. The molecule has 1 rings (SSSR count). The second-order valence-corrected chi connectivity index (χ2v) is 5.69. The van der Waals surface area contributed by atoms with Crippen LogP contribution in [0.15, 0.2) is 11.4 Å². The van der Waals surface area contributed by atoms with E-state index in [0.29, 0.717) is 23.9 Å². The van der Waals surface area contributed by atoms with E-state index in [1.165, 1.54) is 11.3 Å². The number of carbonyl (C=O) groups excluding carboxylic acids is 1. The second kappa shape index (κ2) is 8.75. The Kier molecular flexibility index (Phi) is 7.31. The molecule has 20 heavy (non-hydrogen) atoms. The minimum absolute atomic E-state index is 0.0419. The van der Waals surface area contributed by atoms with Gasteiger partial charge in [-0.25, -0.2) is 0 Å². The highest BCUT2D eigenvalue weighted by Crippen LogP contribution is 2.15. The number of amides is 1. The topological polar surface area (TPSA) is 52.6 Å². The van der Waals surface area contributed by atoms with Crippen LogP contribution in [0.2, 0.25) is 0 Å². The van der Waals surface area contributed by atoms with Gasteiger partial charge in [-0.15, -0.1) is 11.3 Å². The van der Waals surface area contributed by atoms with Crippen LogP contribution in [-0.4, -0.2) is 48.7 Å². The van der Waals surface area contributed by atoms with E-state index in [9.17, 15) is 4.79 Å². The first-order chi connectivity index (χ1) is 9.56. The lowest BCUT2D eigenvalue weighted by atomic mass is 10.2. The fraction of sp³-hybridized carbons (Fsp3) is 0.533. The van der Waals surface area contributed by atoms with E-state index < -0.39 is 0 Å². The summed E-state index contributed by atoms with van der Waals surface area (Å²) in [5, 5.41) is 13.5. The summed E-state index contributed by atoms with van der Waals surface area (Å²) in [4.78, 5) is 14.9. The van der Waals surface area contributed by atoms with E-state index in [0.717, 1.165) is 12.1 Å². The van der Waals surface area contributed by atoms with Gasteiger partial charge in [-0.1, -0.05) is 11.8 Å². The first-order valence-electron chi connectivity index (χ1n) is 6.72. The molecular weight excluding hydrogens is 272 g/mol. The van der Waals surface area contributed by atoms with Crippen molar-refractivity contribution in [3.63, 3.8) is 0 Å². The van der Waals surface area contributed by atoms with Gasteiger partial charge >= 0.3 is 0 Å². The third-order valence-electron chi connectivity index (χ3n) is 2.96. The second-order valence-electron chi connectivity index (χ2n) is 4.77. The molecule has 0 aromatic carbocycles. The normalized spacial score (nSPS) is 10.5. The van der Waals surface area contributed by atoms with Crippen LogP contribution in [0.4, 0.5) is 0 Å². The van der Waals surface area contributed by atoms with E-state index in [4.69, 9.17) is 5.11 Å². The molecule has 1 heterocycles. The Morgan fingerprint density at radius 1 is 1.55 bits per heavy atom. The Balaban J connectivity index is 2.52. The number of hydrogen-bond acceptors (Lipinski definition) is 4. The van der Waals surface area contributed by atoms with E-state index in [1.807, 2.05) is 18.5 Å². The van der Waals surface area contributed by atoms with E-state index in [-0.39, 0.29) is 12.5 Å². The number of carbonyl (C=O) groups is 1. The molecule has 4 nitrogen and oxygen atoms in total. The SMILES string of the molecule is CC(C)N(C)CCNC(=O)c1sccc1C#CCCO. The number of thiophene rings is 1. The molecular formula is C15H22N2O2S. The van der Waals surface area contributed by atoms with Crippen molar-refractivity contribution in [2.24, 2.45) is 0 Å². The highest BCUT2D eigenvalue weighted by atomic mass is 32.1. The highest BCUT2D eigenvalue weighted by molar-refractivity contribution is 7.12. The molecule has 0 atom stereocenters. The molecule has 0 aliphatic heterocycles. The standard InChI is InChI=1S/C15H22N2O2S/c1-12(2)17(3)9-8-16-15(19)14-13(7-11-20-14)6-4-5-10-18/h7,11-12,18H,5,8-10H2,1-3H3,(H,16,19). The Morgan fingerprint density at radius 3 is 2.95 bits per heavy atom. The minimum atomic E-state index is -0.0783. The zero-order valence-corrected chi connectivity index (χ0v) is 13.1. The van der Waals surface area contributed by atoms with E-state index in [2.05, 4.69) is 35.9 Å². The van der Waals surface area contributed by atoms with Gasteiger partial charge in [-0.05, 0) is 32.3 Å². The predicted molar refractivity (Wildman–Crippen MR) is 83.0 cm³/mol. The van der Waals surface area contributed by atoms with Crippen molar-refractivity contribution in [3.05, 3.63) is 21.9 Å². The molecule has 1 aromatic heterocycles. The molecule has 0 unspecified atom stereocenters. The van der Waals surface area contributed by atoms with E-state index >= 15 is 0 Å². The van der Waals surface area contributed by atoms with Gasteiger partial charge in [0.1, 0.15) is 4.88 Å². The molecule has 0 fully saturated rings. The minimum Gasteiger partial charge on any atom is -0.395 e. The summed E-state index contributed by atoms with van der Waals surface area (Å²) in [5.74, 6) is 5.68. The number of hydrogen-bond donors (Lipinski definition) is 2. The summed E-state index contributed by atoms with van der Waals surface area (Å²) in [6.45, 7) is 5.72. The zero-order chi connectivity index (χ0) is 15.0. The number of aliphatic hydroxyl groups is 1. The monoisotopic (exact) mass is 294 g/mol. The molecule has 0 aliphatic rings. The summed E-state index contributed by atoms with van der Waals surface area (Å²) in [6.07, 6.45) is 0.427. The third kappa shape index (κ3) is 5.33. The average molecular weight is 294 g/mol. The van der Waals surface area contributed by atoms with Crippen LogP contribution in [0.25, 0.3) is 0 Å². The molecule has 0 spiro atoms. The molecule has 1 amide bonds. The lowest BCUT2D eigenvalue weighted by Gasteiger charge is -2.20. The molecule has 1 aromatic rings. The number of likely N-dealkylation sites (N-methyl/N-ethyl adjacent to an activating group) is 1. The van der Waals surface area contributed by atoms with Gasteiger partial charge < -0.3 is 15.3 Å². The van der Waals surface area contributed by atoms with Gasteiger partial charge in [-0.3, -0.25) is 4.79 Å². The maximum absolute atomic E-state index is 12.1. The van der Waals surface area contributed by atoms with E-state index in [1.54, 1.807) is 0 Å². The van der Waals surface area contributed by atoms with Crippen LogP contribution in [0, 0.1) is 11.8 Å². The summed E-state index contributed by atoms with van der Waals surface area (Å²) in [6, 6.07) is 2.30. The highest BCUT2D eigenvalue weighted by Gasteiger charge is 2.12. The maximum atomic E-state index is 12.1. The van der Waals surface area contributed by atoms with Gasteiger partial charge in [0.15, 0.2) is 0 Å². The average Bonchev–Trinajstić information content (AvgIpc) is 2.87. The van der Waals surface area contributed by atoms with Crippen molar-refractivity contribution in [1.82, 2.24) is 10.2 Å². The summed E-state index contributed by atoms with van der Waals surface area (Å²) < 4.78 is 0. The van der Waals surface area contributed by atoms with Crippen molar-refractivity contribution >= 4 is 17.2 Å². The van der Waals surface area contributed by atoms with Crippen LogP contribution in [-0.2, 0) is 0 Å². The van der Waals surface area contributed by atoms with Crippen LogP contribution < -0.4 is 5.32 Å². The summed E-state index contributed by atoms with van der Waals surface area (Å²) in [7, 11) is 2.04. The molecule has 0 bridgehead atoms. The Bertz CT molecular complexity index is 486. The Morgan fingerprint density at radius 2 is 2.30 bits per heavy atom. The largest absolute Gasteiger partial charge is 0.395 e. The van der Waals surface area contributed by atoms with Gasteiger partial charge in [-0.2, -0.15) is 0 Å². The maximum Gasteiger partial charge on any atom is 0.262 e. The Hall–Kier alpha value is -1.35. The molecule has 110 valence electrons. The summed E-state index contributed by atoms with van der Waals surface area (Å²) >= 11 is 1.39. The number of rotatable bonds is 6. The zero-order valence-electron chi connectivity index (χ0n) is 12.3. The molecule has 0 radical (unpaired) electrons. The van der Waals surface area contributed by atoms with Gasteiger partial charge in [0.05, 0.1) is 6.61 Å². The first kappa shape index (κ1) is 16.7.